The van der Waals surface area contributed by atoms with Crippen LogP contribution in [-0.2, 0) is 6.18 Å². The van der Waals surface area contributed by atoms with Gasteiger partial charge in [-0.3, -0.25) is 9.59 Å². The zero-order chi connectivity index (χ0) is 27.2. The van der Waals surface area contributed by atoms with E-state index in [2.05, 4.69) is 32.1 Å². The van der Waals surface area contributed by atoms with Crippen LogP contribution in [0.25, 0.3) is 0 Å². The van der Waals surface area contributed by atoms with Gasteiger partial charge in [-0.25, -0.2) is 15.0 Å². The molecule has 7 nitrogen and oxygen atoms in total. The van der Waals surface area contributed by atoms with E-state index in [0.29, 0.717) is 17.8 Å². The standard InChI is InChI=1S/C25H22ClF3N4O3S/c1-14-7-8-16(11-17(14)25(27,28)29)33-23(36)20-12-30-24(37-20)15(2)10-19(35)22-21(26)18(31-13-32-22)6-4-3-5-9-34/h7-8,11-13,15,34H,3,5,9-10H2,1-2H3,(H,33,36). The fraction of sp³-hybridized carbons (Fsp3) is 0.320. The Balaban J connectivity index is 1.68. The third-order valence-corrected chi connectivity index (χ3v) is 6.77. The number of aliphatic hydroxyl groups excluding tert-OH is 1. The molecule has 0 saturated carbocycles. The van der Waals surface area contributed by atoms with Crippen molar-refractivity contribution in [1.29, 1.82) is 0 Å². The highest BCUT2D eigenvalue weighted by Gasteiger charge is 2.32. The molecule has 1 unspecified atom stereocenters. The lowest BCUT2D eigenvalue weighted by molar-refractivity contribution is -0.138. The summed E-state index contributed by atoms with van der Waals surface area (Å²) in [6.07, 6.45) is -1.08. The lowest BCUT2D eigenvalue weighted by atomic mass is 10.0. The van der Waals surface area contributed by atoms with Crippen molar-refractivity contribution in [3.8, 4) is 11.8 Å². The number of aryl methyl sites for hydroxylation is 1. The Hall–Kier alpha value is -3.33. The van der Waals surface area contributed by atoms with Crippen LogP contribution >= 0.6 is 22.9 Å². The van der Waals surface area contributed by atoms with Crippen LogP contribution in [0.3, 0.4) is 0 Å². The van der Waals surface area contributed by atoms with E-state index in [4.69, 9.17) is 16.7 Å². The van der Waals surface area contributed by atoms with Gasteiger partial charge in [-0.1, -0.05) is 30.5 Å². The van der Waals surface area contributed by atoms with E-state index >= 15 is 0 Å². The number of hydrogen-bond donors (Lipinski definition) is 2. The van der Waals surface area contributed by atoms with Crippen molar-refractivity contribution in [3.05, 3.63) is 68.1 Å². The van der Waals surface area contributed by atoms with E-state index in [9.17, 15) is 22.8 Å². The van der Waals surface area contributed by atoms with E-state index in [1.807, 2.05) is 0 Å². The topological polar surface area (TPSA) is 105 Å². The Morgan fingerprint density at radius 1 is 1.24 bits per heavy atom. The molecule has 0 aliphatic carbocycles. The molecule has 0 aliphatic rings. The minimum atomic E-state index is -4.54. The van der Waals surface area contributed by atoms with Crippen LogP contribution in [0.5, 0.6) is 0 Å². The van der Waals surface area contributed by atoms with Gasteiger partial charge in [0.05, 0.1) is 16.8 Å². The highest BCUT2D eigenvalue weighted by molar-refractivity contribution is 7.13. The zero-order valence-electron chi connectivity index (χ0n) is 19.8. The molecule has 3 rings (SSSR count). The second kappa shape index (κ2) is 12.3. The lowest BCUT2D eigenvalue weighted by Gasteiger charge is -2.12. The molecule has 2 aromatic heterocycles. The molecule has 0 fully saturated rings. The lowest BCUT2D eigenvalue weighted by Crippen LogP contribution is -2.13. The van der Waals surface area contributed by atoms with Gasteiger partial charge in [0.25, 0.3) is 5.91 Å². The Bertz CT molecular complexity index is 1370. The maximum Gasteiger partial charge on any atom is 0.416 e. The first kappa shape index (κ1) is 28.2. The highest BCUT2D eigenvalue weighted by atomic mass is 35.5. The van der Waals surface area contributed by atoms with Gasteiger partial charge >= 0.3 is 6.18 Å². The number of alkyl halides is 3. The third-order valence-electron chi connectivity index (χ3n) is 5.18. The number of ketones is 1. The monoisotopic (exact) mass is 550 g/mol. The van der Waals surface area contributed by atoms with E-state index < -0.39 is 17.6 Å². The SMILES string of the molecule is Cc1ccc(NC(=O)c2cnc(C(C)CC(=O)c3ncnc(C#CCCCO)c3Cl)s2)cc1C(F)(F)F. The number of aromatic nitrogens is 3. The molecule has 1 aromatic carbocycles. The molecule has 37 heavy (non-hydrogen) atoms. The van der Waals surface area contributed by atoms with Gasteiger partial charge < -0.3 is 10.4 Å². The molecule has 2 heterocycles. The highest BCUT2D eigenvalue weighted by Crippen LogP contribution is 2.34. The summed E-state index contributed by atoms with van der Waals surface area (Å²) in [4.78, 5) is 37.8. The number of halogens is 4. The fourth-order valence-corrected chi connectivity index (χ4v) is 4.36. The average molecular weight is 551 g/mol. The summed E-state index contributed by atoms with van der Waals surface area (Å²) in [5.41, 5.74) is -0.540. The number of hydrogen-bond acceptors (Lipinski definition) is 7. The van der Waals surface area contributed by atoms with Crippen molar-refractivity contribution in [1.82, 2.24) is 15.0 Å². The number of rotatable bonds is 8. The van der Waals surface area contributed by atoms with Gasteiger partial charge in [0, 0.05) is 31.1 Å². The zero-order valence-corrected chi connectivity index (χ0v) is 21.4. The average Bonchev–Trinajstić information content (AvgIpc) is 3.34. The third kappa shape index (κ3) is 7.35. The van der Waals surface area contributed by atoms with Gasteiger partial charge in [-0.15, -0.1) is 11.3 Å². The number of thiazole rings is 1. The summed E-state index contributed by atoms with van der Waals surface area (Å²) < 4.78 is 39.5. The number of benzene rings is 1. The van der Waals surface area contributed by atoms with Gasteiger partial charge in [0.15, 0.2) is 5.78 Å². The number of anilines is 1. The molecule has 2 N–H and O–H groups in total. The number of unbranched alkanes of at least 4 members (excludes halogenated alkanes) is 1. The van der Waals surface area contributed by atoms with Crippen molar-refractivity contribution in [2.45, 2.75) is 45.2 Å². The van der Waals surface area contributed by atoms with Crippen LogP contribution in [0.2, 0.25) is 5.02 Å². The van der Waals surface area contributed by atoms with Crippen LogP contribution < -0.4 is 5.32 Å². The molecule has 0 aliphatic heterocycles. The number of nitrogens with one attached hydrogen (secondary N) is 1. The molecule has 1 amide bonds. The minimum Gasteiger partial charge on any atom is -0.396 e. The maximum absolute atomic E-state index is 13.2. The molecular formula is C25H22ClF3N4O3S. The molecule has 12 heteroatoms. The first-order chi connectivity index (χ1) is 17.5. The van der Waals surface area contributed by atoms with Gasteiger partial charge in [-0.05, 0) is 37.0 Å². The summed E-state index contributed by atoms with van der Waals surface area (Å²) in [7, 11) is 0. The Kier molecular flexibility index (Phi) is 9.37. The first-order valence-corrected chi connectivity index (χ1v) is 12.3. The summed E-state index contributed by atoms with van der Waals surface area (Å²) in [5, 5.41) is 11.8. The van der Waals surface area contributed by atoms with Crippen LogP contribution in [0.1, 0.15) is 74.1 Å². The normalized spacial score (nSPS) is 12.0. The van der Waals surface area contributed by atoms with Crippen molar-refractivity contribution < 1.29 is 27.9 Å². The van der Waals surface area contributed by atoms with Gasteiger partial charge in [0.1, 0.15) is 27.6 Å². The molecule has 0 spiro atoms. The fourth-order valence-electron chi connectivity index (χ4n) is 3.25. The van der Waals surface area contributed by atoms with Crippen molar-refractivity contribution >= 4 is 40.3 Å². The number of aliphatic hydroxyl groups is 1. The molecule has 0 radical (unpaired) electrons. The second-order valence-electron chi connectivity index (χ2n) is 8.09. The van der Waals surface area contributed by atoms with Crippen molar-refractivity contribution in [2.24, 2.45) is 0 Å². The first-order valence-electron chi connectivity index (χ1n) is 11.1. The van der Waals surface area contributed by atoms with Crippen LogP contribution in [0.15, 0.2) is 30.7 Å². The molecule has 0 saturated heterocycles. The second-order valence-corrected chi connectivity index (χ2v) is 9.53. The molecule has 194 valence electrons. The van der Waals surface area contributed by atoms with Gasteiger partial charge in [0.2, 0.25) is 0 Å². The van der Waals surface area contributed by atoms with E-state index in [0.717, 1.165) is 17.4 Å². The van der Waals surface area contributed by atoms with Crippen LogP contribution in [0, 0.1) is 18.8 Å². The Labute approximate surface area is 220 Å². The minimum absolute atomic E-state index is 0.00437. The Morgan fingerprint density at radius 2 is 2.00 bits per heavy atom. The maximum atomic E-state index is 13.2. The summed E-state index contributed by atoms with van der Waals surface area (Å²) in [6, 6.07) is 3.56. The Morgan fingerprint density at radius 3 is 2.70 bits per heavy atom. The number of Topliss-reactive ketones (excluding diaryl/α,β-unsaturated/α-hetero) is 1. The number of amides is 1. The summed E-state index contributed by atoms with van der Waals surface area (Å²) in [6.45, 7) is 3.10. The largest absolute Gasteiger partial charge is 0.416 e. The van der Waals surface area contributed by atoms with Crippen molar-refractivity contribution in [2.75, 3.05) is 11.9 Å². The summed E-state index contributed by atoms with van der Waals surface area (Å²) >= 11 is 7.32. The van der Waals surface area contributed by atoms with E-state index in [1.54, 1.807) is 6.92 Å². The predicted molar refractivity (Wildman–Crippen MR) is 134 cm³/mol. The van der Waals surface area contributed by atoms with E-state index in [-0.39, 0.29) is 57.3 Å². The quantitative estimate of drug-likeness (QED) is 0.213. The molecule has 3 aromatic rings. The number of nitrogens with zero attached hydrogens (tertiary/aromatic N) is 3. The van der Waals surface area contributed by atoms with Crippen LogP contribution in [0.4, 0.5) is 18.9 Å². The van der Waals surface area contributed by atoms with Gasteiger partial charge in [-0.2, -0.15) is 13.2 Å². The predicted octanol–water partition coefficient (Wildman–Crippen LogP) is 5.67. The molecular weight excluding hydrogens is 529 g/mol. The summed E-state index contributed by atoms with van der Waals surface area (Å²) in [5.74, 6) is 4.23. The smallest absolute Gasteiger partial charge is 0.396 e. The van der Waals surface area contributed by atoms with Crippen molar-refractivity contribution in [3.63, 3.8) is 0 Å². The van der Waals surface area contributed by atoms with Crippen LogP contribution in [-0.4, -0.2) is 38.4 Å². The van der Waals surface area contributed by atoms with E-state index in [1.165, 1.54) is 31.6 Å². The molecule has 0 bridgehead atoms. The number of carbonyl (C=O) groups is 2. The molecule has 1 atom stereocenters. The number of carbonyl (C=O) groups excluding carboxylic acids is 2.